The van der Waals surface area contributed by atoms with Gasteiger partial charge in [-0.15, -0.1) is 0 Å². The summed E-state index contributed by atoms with van der Waals surface area (Å²) in [5.41, 5.74) is 1.46. The number of benzene rings is 1. The molecule has 22 heavy (non-hydrogen) atoms. The summed E-state index contributed by atoms with van der Waals surface area (Å²) in [6, 6.07) is 8.40. The van der Waals surface area contributed by atoms with Gasteiger partial charge in [0.2, 0.25) is 5.95 Å². The van der Waals surface area contributed by atoms with Crippen molar-refractivity contribution in [1.29, 1.82) is 0 Å². The third-order valence-electron chi connectivity index (χ3n) is 3.17. The Kier molecular flexibility index (Phi) is 3.64. The average Bonchev–Trinajstić information content (AvgIpc) is 2.91. The molecule has 2 aromatic heterocycles. The molecule has 8 heteroatoms. The predicted octanol–water partition coefficient (Wildman–Crippen LogP) is 1.53. The summed E-state index contributed by atoms with van der Waals surface area (Å²) in [6.45, 7) is 1.48. The average molecular weight is 317 g/mol. The Balaban J connectivity index is 2.06. The standard InChI is InChI=1S/C14H12ClN5O2/c1-8(13(21)22)20-7-16-10-11(15)18-14(19-12(10)20)17-9-5-3-2-4-6-9/h2-8H,1H3,(H,21,22)(H,17,18,19)/p-1. The Morgan fingerprint density at radius 1 is 1.32 bits per heavy atom. The van der Waals surface area contributed by atoms with Crippen LogP contribution >= 0.6 is 11.6 Å². The molecule has 0 aliphatic heterocycles. The molecule has 3 rings (SSSR count). The number of halogens is 1. The van der Waals surface area contributed by atoms with Crippen LogP contribution in [0.1, 0.15) is 13.0 Å². The highest BCUT2D eigenvalue weighted by atomic mass is 35.5. The van der Waals surface area contributed by atoms with Gasteiger partial charge in [-0.25, -0.2) is 4.98 Å². The van der Waals surface area contributed by atoms with E-state index in [-0.39, 0.29) is 11.1 Å². The number of aromatic nitrogens is 4. The largest absolute Gasteiger partial charge is 0.548 e. The lowest BCUT2D eigenvalue weighted by molar-refractivity contribution is -0.309. The van der Waals surface area contributed by atoms with Crippen LogP contribution in [0.3, 0.4) is 0 Å². The van der Waals surface area contributed by atoms with Crippen LogP contribution in [0.25, 0.3) is 11.2 Å². The normalized spacial score (nSPS) is 12.3. The second-order valence-corrected chi connectivity index (χ2v) is 5.01. The summed E-state index contributed by atoms with van der Waals surface area (Å²) < 4.78 is 1.38. The molecular weight excluding hydrogens is 306 g/mol. The van der Waals surface area contributed by atoms with Crippen molar-refractivity contribution in [2.45, 2.75) is 13.0 Å². The molecular formula is C14H11ClN5O2-. The first-order valence-electron chi connectivity index (χ1n) is 6.49. The smallest absolute Gasteiger partial charge is 0.230 e. The molecule has 3 aromatic rings. The number of hydrogen-bond acceptors (Lipinski definition) is 6. The van der Waals surface area contributed by atoms with Crippen molar-refractivity contribution in [1.82, 2.24) is 19.5 Å². The number of hydrogen-bond donors (Lipinski definition) is 1. The van der Waals surface area contributed by atoms with Crippen LogP contribution < -0.4 is 10.4 Å². The number of carboxylic acid groups (broad SMARTS) is 1. The molecule has 0 saturated carbocycles. The van der Waals surface area contributed by atoms with E-state index in [0.29, 0.717) is 11.2 Å². The number of carbonyl (C=O) groups is 1. The van der Waals surface area contributed by atoms with E-state index in [2.05, 4.69) is 20.3 Å². The lowest BCUT2D eigenvalue weighted by Gasteiger charge is -2.14. The molecule has 7 nitrogen and oxygen atoms in total. The highest BCUT2D eigenvalue weighted by Gasteiger charge is 2.16. The number of imidazole rings is 1. The van der Waals surface area contributed by atoms with Crippen molar-refractivity contribution in [2.75, 3.05) is 5.32 Å². The van der Waals surface area contributed by atoms with Crippen molar-refractivity contribution in [3.8, 4) is 0 Å². The first-order chi connectivity index (χ1) is 10.6. The van der Waals surface area contributed by atoms with Crippen molar-refractivity contribution >= 4 is 40.4 Å². The van der Waals surface area contributed by atoms with Gasteiger partial charge in [-0.2, -0.15) is 9.97 Å². The van der Waals surface area contributed by atoms with Crippen molar-refractivity contribution in [3.05, 3.63) is 41.8 Å². The molecule has 0 spiro atoms. The van der Waals surface area contributed by atoms with Gasteiger partial charge in [-0.05, 0) is 19.1 Å². The predicted molar refractivity (Wildman–Crippen MR) is 79.8 cm³/mol. The second kappa shape index (κ2) is 5.61. The number of anilines is 2. The highest BCUT2D eigenvalue weighted by Crippen LogP contribution is 2.24. The summed E-state index contributed by atoms with van der Waals surface area (Å²) in [6.07, 6.45) is 1.36. The Bertz CT molecular complexity index is 834. The van der Waals surface area contributed by atoms with E-state index in [1.807, 2.05) is 30.3 Å². The zero-order valence-electron chi connectivity index (χ0n) is 11.5. The van der Waals surface area contributed by atoms with Crippen LogP contribution in [0.15, 0.2) is 36.7 Å². The summed E-state index contributed by atoms with van der Waals surface area (Å²) in [7, 11) is 0. The Morgan fingerprint density at radius 3 is 2.73 bits per heavy atom. The van der Waals surface area contributed by atoms with Gasteiger partial charge in [-0.1, -0.05) is 29.8 Å². The SMILES string of the molecule is CC(C(=O)[O-])n1cnc2c(Cl)nc(Nc3ccccc3)nc21. The maximum atomic E-state index is 11.1. The minimum absolute atomic E-state index is 0.146. The van der Waals surface area contributed by atoms with Crippen LogP contribution in [0, 0.1) is 0 Å². The molecule has 1 aromatic carbocycles. The maximum Gasteiger partial charge on any atom is 0.230 e. The number of nitrogens with zero attached hydrogens (tertiary/aromatic N) is 4. The molecule has 0 radical (unpaired) electrons. The summed E-state index contributed by atoms with van der Waals surface area (Å²) >= 11 is 6.10. The molecule has 0 aliphatic carbocycles. The second-order valence-electron chi connectivity index (χ2n) is 4.65. The Labute approximate surface area is 130 Å². The Hall–Kier alpha value is -2.67. The number of aliphatic carboxylic acids is 1. The van der Waals surface area contributed by atoms with E-state index >= 15 is 0 Å². The number of para-hydroxylation sites is 1. The van der Waals surface area contributed by atoms with Crippen molar-refractivity contribution < 1.29 is 9.90 Å². The van der Waals surface area contributed by atoms with Gasteiger partial charge >= 0.3 is 0 Å². The third kappa shape index (κ3) is 2.58. The van der Waals surface area contributed by atoms with Crippen LogP contribution in [0.5, 0.6) is 0 Å². The monoisotopic (exact) mass is 316 g/mol. The topological polar surface area (TPSA) is 95.8 Å². The van der Waals surface area contributed by atoms with Crippen LogP contribution in [-0.4, -0.2) is 25.5 Å². The molecule has 0 bridgehead atoms. The minimum Gasteiger partial charge on any atom is -0.548 e. The maximum absolute atomic E-state index is 11.1. The van der Waals surface area contributed by atoms with Gasteiger partial charge in [0.25, 0.3) is 0 Å². The summed E-state index contributed by atoms with van der Waals surface area (Å²) in [4.78, 5) is 23.5. The fraction of sp³-hybridized carbons (Fsp3) is 0.143. The molecule has 0 aliphatic rings. The third-order valence-corrected chi connectivity index (χ3v) is 3.43. The number of nitrogens with one attached hydrogen (secondary N) is 1. The minimum atomic E-state index is -1.23. The molecule has 112 valence electrons. The quantitative estimate of drug-likeness (QED) is 0.733. The number of fused-ring (bicyclic) bond motifs is 1. The van der Waals surface area contributed by atoms with Crippen LogP contribution in [-0.2, 0) is 4.79 Å². The lowest BCUT2D eigenvalue weighted by atomic mass is 10.3. The molecule has 2 heterocycles. The van der Waals surface area contributed by atoms with Gasteiger partial charge in [0.1, 0.15) is 5.52 Å². The molecule has 0 amide bonds. The van der Waals surface area contributed by atoms with E-state index in [9.17, 15) is 9.90 Å². The Morgan fingerprint density at radius 2 is 2.05 bits per heavy atom. The first kappa shape index (κ1) is 14.3. The molecule has 1 N–H and O–H groups in total. The molecule has 1 unspecified atom stereocenters. The van der Waals surface area contributed by atoms with Crippen LogP contribution in [0.4, 0.5) is 11.6 Å². The summed E-state index contributed by atoms with van der Waals surface area (Å²) in [5.74, 6) is -0.970. The zero-order chi connectivity index (χ0) is 15.7. The molecule has 1 atom stereocenters. The van der Waals surface area contributed by atoms with E-state index in [1.165, 1.54) is 17.8 Å². The van der Waals surface area contributed by atoms with Gasteiger partial charge in [0.15, 0.2) is 10.8 Å². The summed E-state index contributed by atoms with van der Waals surface area (Å²) in [5, 5.41) is 14.2. The number of carbonyl (C=O) groups excluding carboxylic acids is 1. The highest BCUT2D eigenvalue weighted by molar-refractivity contribution is 6.33. The van der Waals surface area contributed by atoms with E-state index < -0.39 is 12.0 Å². The van der Waals surface area contributed by atoms with E-state index in [4.69, 9.17) is 11.6 Å². The first-order valence-corrected chi connectivity index (χ1v) is 6.87. The number of carboxylic acids is 1. The fourth-order valence-corrected chi connectivity index (χ4v) is 2.20. The zero-order valence-corrected chi connectivity index (χ0v) is 12.3. The van der Waals surface area contributed by atoms with Crippen molar-refractivity contribution in [3.63, 3.8) is 0 Å². The van der Waals surface area contributed by atoms with Crippen LogP contribution in [0.2, 0.25) is 5.15 Å². The lowest BCUT2D eigenvalue weighted by Crippen LogP contribution is -2.31. The van der Waals surface area contributed by atoms with Gasteiger partial charge in [0, 0.05) is 5.69 Å². The van der Waals surface area contributed by atoms with Gasteiger partial charge in [-0.3, -0.25) is 0 Å². The molecule has 0 saturated heterocycles. The van der Waals surface area contributed by atoms with E-state index in [0.717, 1.165) is 5.69 Å². The fourth-order valence-electron chi connectivity index (χ4n) is 1.99. The van der Waals surface area contributed by atoms with Gasteiger partial charge in [0.05, 0.1) is 18.3 Å². The van der Waals surface area contributed by atoms with Crippen molar-refractivity contribution in [2.24, 2.45) is 0 Å². The number of rotatable bonds is 4. The van der Waals surface area contributed by atoms with E-state index in [1.54, 1.807) is 0 Å². The molecule has 0 fully saturated rings. The van der Waals surface area contributed by atoms with Gasteiger partial charge < -0.3 is 19.8 Å².